The lowest BCUT2D eigenvalue weighted by Crippen LogP contribution is -2.23. The summed E-state index contributed by atoms with van der Waals surface area (Å²) in [6, 6.07) is 0.749. The van der Waals surface area contributed by atoms with Crippen molar-refractivity contribution in [3.05, 3.63) is 34.6 Å². The Balaban J connectivity index is 0.000000343. The topological polar surface area (TPSA) is 109 Å². The van der Waals surface area contributed by atoms with Gasteiger partial charge in [-0.05, 0) is 25.0 Å². The van der Waals surface area contributed by atoms with Gasteiger partial charge in [-0.3, -0.25) is 0 Å². The smallest absolute Gasteiger partial charge is 0.416 e. The van der Waals surface area contributed by atoms with Crippen molar-refractivity contribution in [1.29, 1.82) is 0 Å². The van der Waals surface area contributed by atoms with Gasteiger partial charge in [0.25, 0.3) is 0 Å². The molecule has 1 aromatic carbocycles. The highest BCUT2D eigenvalue weighted by Crippen LogP contribution is 2.44. The first kappa shape index (κ1) is 26.1. The highest BCUT2D eigenvalue weighted by atomic mass is 19.4. The van der Waals surface area contributed by atoms with Crippen molar-refractivity contribution in [2.24, 2.45) is 0 Å². The minimum absolute atomic E-state index is 0.0126. The van der Waals surface area contributed by atoms with Gasteiger partial charge in [0, 0.05) is 45.0 Å². The first-order valence-electron chi connectivity index (χ1n) is 10.6. The number of halogens is 4. The second kappa shape index (κ2) is 11.3. The number of ether oxygens (including phenoxy) is 4. The van der Waals surface area contributed by atoms with Crippen LogP contribution in [0, 0.1) is 5.82 Å². The van der Waals surface area contributed by atoms with E-state index in [1.54, 1.807) is 7.11 Å². The zero-order valence-corrected chi connectivity index (χ0v) is 18.8. The zero-order valence-electron chi connectivity index (χ0n) is 18.8. The molecule has 1 saturated heterocycles. The van der Waals surface area contributed by atoms with Gasteiger partial charge in [-0.25, -0.2) is 4.39 Å². The average molecular weight is 489 g/mol. The number of rotatable bonds is 5. The second-order valence-corrected chi connectivity index (χ2v) is 7.83. The number of fused-ring (bicyclic) bond motifs is 1. The highest BCUT2D eigenvalue weighted by molar-refractivity contribution is 5.73. The summed E-state index contributed by atoms with van der Waals surface area (Å²) >= 11 is 0. The molecular weight excluding hydrogens is 462 g/mol. The largest absolute Gasteiger partial charge is 0.507 e. The summed E-state index contributed by atoms with van der Waals surface area (Å²) in [4.78, 5) is 0. The van der Waals surface area contributed by atoms with E-state index >= 15 is 0 Å². The standard InChI is InChI=1S/C16H15F4N3O3.C6H12O2/c1-25-3-2-11-12-8(6-26-11)14(22-23-15(12)21)13-9(17)4-7(5-10(13)24)16(18,19)20;1-7-6-3-2-4-8-5-6/h4-5,11,24H,2-3,6H2,1H3,(H2,21,23);6H,2-5H2,1H3/t11-;/m1./s1. The van der Waals surface area contributed by atoms with Crippen molar-refractivity contribution in [3.63, 3.8) is 0 Å². The molecule has 12 heteroatoms. The fraction of sp³-hybridized carbons (Fsp3) is 0.545. The van der Waals surface area contributed by atoms with Gasteiger partial charge in [-0.2, -0.15) is 13.2 Å². The summed E-state index contributed by atoms with van der Waals surface area (Å²) in [5.74, 6) is -2.08. The molecule has 8 nitrogen and oxygen atoms in total. The van der Waals surface area contributed by atoms with E-state index < -0.39 is 35.0 Å². The van der Waals surface area contributed by atoms with Crippen LogP contribution >= 0.6 is 0 Å². The molecule has 2 aromatic rings. The molecule has 2 atom stereocenters. The van der Waals surface area contributed by atoms with E-state index in [1.807, 2.05) is 0 Å². The van der Waals surface area contributed by atoms with Gasteiger partial charge in [0.05, 0.1) is 36.5 Å². The Morgan fingerprint density at radius 2 is 2.00 bits per heavy atom. The molecule has 0 spiro atoms. The van der Waals surface area contributed by atoms with Gasteiger partial charge < -0.3 is 29.8 Å². The molecule has 0 amide bonds. The minimum Gasteiger partial charge on any atom is -0.507 e. The van der Waals surface area contributed by atoms with E-state index in [2.05, 4.69) is 10.2 Å². The zero-order chi connectivity index (χ0) is 24.9. The second-order valence-electron chi connectivity index (χ2n) is 7.83. The number of aromatic hydroxyl groups is 1. The maximum atomic E-state index is 14.4. The fourth-order valence-electron chi connectivity index (χ4n) is 3.81. The first-order valence-corrected chi connectivity index (χ1v) is 10.6. The fourth-order valence-corrected chi connectivity index (χ4v) is 3.81. The van der Waals surface area contributed by atoms with E-state index in [0.29, 0.717) is 42.4 Å². The monoisotopic (exact) mass is 489 g/mol. The molecule has 2 aliphatic rings. The summed E-state index contributed by atoms with van der Waals surface area (Å²) in [6.45, 7) is 2.09. The van der Waals surface area contributed by atoms with Crippen molar-refractivity contribution >= 4 is 5.82 Å². The SMILES string of the molecule is COC1CCCOC1.COCC[C@H]1OCc2c(-c3c(O)cc(C(F)(F)F)cc3F)nnc(N)c21. The summed E-state index contributed by atoms with van der Waals surface area (Å²) in [5.41, 5.74) is 4.82. The molecule has 1 unspecified atom stereocenters. The van der Waals surface area contributed by atoms with Crippen molar-refractivity contribution in [3.8, 4) is 17.0 Å². The van der Waals surface area contributed by atoms with Crippen LogP contribution in [0.15, 0.2) is 12.1 Å². The third-order valence-corrected chi connectivity index (χ3v) is 5.57. The molecule has 0 radical (unpaired) electrons. The van der Waals surface area contributed by atoms with Crippen LogP contribution < -0.4 is 5.73 Å². The lowest BCUT2D eigenvalue weighted by Gasteiger charge is -2.19. The van der Waals surface area contributed by atoms with Crippen LogP contribution in [-0.4, -0.2) is 55.4 Å². The van der Waals surface area contributed by atoms with Crippen molar-refractivity contribution in [2.45, 2.75) is 44.3 Å². The molecule has 3 N–H and O–H groups in total. The number of anilines is 1. The molecule has 1 aromatic heterocycles. The molecular formula is C22H27F4N3O5. The number of phenols is 1. The maximum absolute atomic E-state index is 14.4. The van der Waals surface area contributed by atoms with Gasteiger partial charge in [0.15, 0.2) is 5.82 Å². The molecule has 0 saturated carbocycles. The Hall–Kier alpha value is -2.54. The van der Waals surface area contributed by atoms with Crippen LogP contribution in [0.1, 0.15) is 42.1 Å². The van der Waals surface area contributed by atoms with Gasteiger partial charge in [0.1, 0.15) is 17.3 Å². The number of hydrogen-bond donors (Lipinski definition) is 2. The van der Waals surface area contributed by atoms with Gasteiger partial charge in [-0.15, -0.1) is 10.2 Å². The third-order valence-electron chi connectivity index (χ3n) is 5.57. The maximum Gasteiger partial charge on any atom is 0.416 e. The lowest BCUT2D eigenvalue weighted by atomic mass is 9.98. The predicted molar refractivity (Wildman–Crippen MR) is 113 cm³/mol. The summed E-state index contributed by atoms with van der Waals surface area (Å²) in [6.07, 6.45) is -2.11. The molecule has 0 bridgehead atoms. The Labute approximate surface area is 194 Å². The highest BCUT2D eigenvalue weighted by Gasteiger charge is 2.35. The van der Waals surface area contributed by atoms with Gasteiger partial charge in [-0.1, -0.05) is 0 Å². The van der Waals surface area contributed by atoms with E-state index in [9.17, 15) is 22.7 Å². The number of nitrogens with two attached hydrogens (primary N) is 1. The number of aromatic nitrogens is 2. The molecule has 3 heterocycles. The number of hydrogen-bond acceptors (Lipinski definition) is 8. The molecule has 4 rings (SSSR count). The minimum atomic E-state index is -4.79. The van der Waals surface area contributed by atoms with Crippen LogP contribution in [0.5, 0.6) is 5.75 Å². The van der Waals surface area contributed by atoms with Crippen molar-refractivity contribution < 1.29 is 41.6 Å². The van der Waals surface area contributed by atoms with Crippen LogP contribution in [-0.2, 0) is 31.7 Å². The van der Waals surface area contributed by atoms with Crippen molar-refractivity contribution in [1.82, 2.24) is 10.2 Å². The number of phenolic OH excluding ortho intramolecular Hbond substituents is 1. The Bertz CT molecular complexity index is 961. The molecule has 1 fully saturated rings. The predicted octanol–water partition coefficient (Wildman–Crippen LogP) is 4.01. The number of alkyl halides is 3. The van der Waals surface area contributed by atoms with Crippen LogP contribution in [0.25, 0.3) is 11.3 Å². The van der Waals surface area contributed by atoms with Crippen LogP contribution in [0.3, 0.4) is 0 Å². The Morgan fingerprint density at radius 3 is 2.56 bits per heavy atom. The average Bonchev–Trinajstić information content (AvgIpc) is 3.24. The first-order chi connectivity index (χ1) is 16.2. The number of benzene rings is 1. The molecule has 0 aliphatic carbocycles. The number of nitrogens with zero attached hydrogens (tertiary/aromatic N) is 2. The van der Waals surface area contributed by atoms with E-state index in [1.165, 1.54) is 7.11 Å². The molecule has 34 heavy (non-hydrogen) atoms. The number of methoxy groups -OCH3 is 2. The van der Waals surface area contributed by atoms with Crippen LogP contribution in [0.4, 0.5) is 23.4 Å². The Kier molecular flexibility index (Phi) is 8.63. The van der Waals surface area contributed by atoms with Gasteiger partial charge in [0.2, 0.25) is 0 Å². The lowest BCUT2D eigenvalue weighted by molar-refractivity contribution is -0.137. The quantitative estimate of drug-likeness (QED) is 0.607. The third kappa shape index (κ3) is 5.93. The summed E-state index contributed by atoms with van der Waals surface area (Å²) < 4.78 is 73.5. The van der Waals surface area contributed by atoms with E-state index in [4.69, 9.17) is 24.7 Å². The normalized spacial score (nSPS) is 19.9. The molecule has 2 aliphatic heterocycles. The Morgan fingerprint density at radius 1 is 1.24 bits per heavy atom. The van der Waals surface area contributed by atoms with Gasteiger partial charge >= 0.3 is 6.18 Å². The van der Waals surface area contributed by atoms with Crippen LogP contribution in [0.2, 0.25) is 0 Å². The van der Waals surface area contributed by atoms with E-state index in [-0.39, 0.29) is 18.1 Å². The summed E-state index contributed by atoms with van der Waals surface area (Å²) in [7, 11) is 3.25. The summed E-state index contributed by atoms with van der Waals surface area (Å²) in [5, 5.41) is 17.5. The molecule has 188 valence electrons. The number of nitrogen functional groups attached to an aromatic ring is 1. The van der Waals surface area contributed by atoms with E-state index in [0.717, 1.165) is 26.1 Å². The van der Waals surface area contributed by atoms with Crippen molar-refractivity contribution in [2.75, 3.05) is 39.8 Å².